The minimum absolute atomic E-state index is 0.0365. The van der Waals surface area contributed by atoms with Crippen molar-refractivity contribution in [1.82, 2.24) is 19.7 Å². The summed E-state index contributed by atoms with van der Waals surface area (Å²) in [6, 6.07) is 1.77. The smallest absolute Gasteiger partial charge is 0.323 e. The Balaban J connectivity index is 2.22. The number of carbonyl (C=O) groups excluding carboxylic acids is 2. The standard InChI is InChI=1S/C13H13N5O3S/c1-3-21-13(20)11(12-16-8(2)6-22-12)9(19)5-18-7-15-10(4-14)17-18/h6-7,11H,3,5H2,1-2H3/t11-/m0/s1. The van der Waals surface area contributed by atoms with E-state index in [1.54, 1.807) is 25.3 Å². The van der Waals surface area contributed by atoms with E-state index in [1.807, 2.05) is 0 Å². The molecule has 0 amide bonds. The van der Waals surface area contributed by atoms with Gasteiger partial charge in [-0.05, 0) is 13.8 Å². The molecule has 0 saturated heterocycles. The summed E-state index contributed by atoms with van der Waals surface area (Å²) in [4.78, 5) is 32.4. The van der Waals surface area contributed by atoms with Gasteiger partial charge < -0.3 is 4.74 Å². The van der Waals surface area contributed by atoms with E-state index >= 15 is 0 Å². The van der Waals surface area contributed by atoms with Gasteiger partial charge in [-0.15, -0.1) is 16.4 Å². The number of aromatic nitrogens is 4. The van der Waals surface area contributed by atoms with Crippen LogP contribution in [0.5, 0.6) is 0 Å². The summed E-state index contributed by atoms with van der Waals surface area (Å²) >= 11 is 1.23. The van der Waals surface area contributed by atoms with E-state index in [4.69, 9.17) is 10.00 Å². The Kier molecular flexibility index (Phi) is 4.95. The molecule has 2 rings (SSSR count). The Morgan fingerprint density at radius 1 is 1.55 bits per heavy atom. The van der Waals surface area contributed by atoms with Crippen LogP contribution in [0.25, 0.3) is 0 Å². The number of carbonyl (C=O) groups is 2. The van der Waals surface area contributed by atoms with Crippen molar-refractivity contribution < 1.29 is 14.3 Å². The Morgan fingerprint density at radius 2 is 2.32 bits per heavy atom. The number of thiazole rings is 1. The molecule has 0 bridgehead atoms. The summed E-state index contributed by atoms with van der Waals surface area (Å²) < 4.78 is 6.18. The lowest BCUT2D eigenvalue weighted by Crippen LogP contribution is -2.27. The van der Waals surface area contributed by atoms with Crippen molar-refractivity contribution in [2.75, 3.05) is 6.61 Å². The zero-order chi connectivity index (χ0) is 16.1. The maximum atomic E-state index is 12.4. The van der Waals surface area contributed by atoms with Crippen LogP contribution in [0.2, 0.25) is 0 Å². The molecule has 0 saturated carbocycles. The minimum Gasteiger partial charge on any atom is -0.465 e. The van der Waals surface area contributed by atoms with Crippen LogP contribution in [0.3, 0.4) is 0 Å². The van der Waals surface area contributed by atoms with Crippen molar-refractivity contribution in [3.05, 3.63) is 28.2 Å². The van der Waals surface area contributed by atoms with Crippen LogP contribution in [0.15, 0.2) is 11.7 Å². The number of esters is 1. The van der Waals surface area contributed by atoms with Gasteiger partial charge >= 0.3 is 5.97 Å². The van der Waals surface area contributed by atoms with Crippen molar-refractivity contribution in [3.8, 4) is 6.07 Å². The van der Waals surface area contributed by atoms with Crippen LogP contribution in [-0.4, -0.2) is 38.1 Å². The third-order valence-corrected chi connectivity index (χ3v) is 3.71. The molecule has 114 valence electrons. The zero-order valence-electron chi connectivity index (χ0n) is 12.0. The fourth-order valence-corrected chi connectivity index (χ4v) is 2.68. The maximum absolute atomic E-state index is 12.4. The van der Waals surface area contributed by atoms with Gasteiger partial charge in [0.2, 0.25) is 0 Å². The van der Waals surface area contributed by atoms with Crippen LogP contribution in [0.4, 0.5) is 0 Å². The number of hydrogen-bond donors (Lipinski definition) is 0. The molecule has 9 heteroatoms. The number of aryl methyl sites for hydroxylation is 1. The quantitative estimate of drug-likeness (QED) is 0.572. The first kappa shape index (κ1) is 15.8. The SMILES string of the molecule is CCOC(=O)[C@@H](C(=O)Cn1cnc(C#N)n1)c1nc(C)cs1. The first-order valence-corrected chi connectivity index (χ1v) is 7.34. The molecule has 2 aromatic heterocycles. The van der Waals surface area contributed by atoms with Crippen LogP contribution >= 0.6 is 11.3 Å². The van der Waals surface area contributed by atoms with E-state index in [-0.39, 0.29) is 19.0 Å². The Morgan fingerprint density at radius 3 is 2.86 bits per heavy atom. The maximum Gasteiger partial charge on any atom is 0.323 e. The second-order valence-electron chi connectivity index (χ2n) is 4.36. The van der Waals surface area contributed by atoms with E-state index in [0.717, 1.165) is 5.69 Å². The third-order valence-electron chi connectivity index (χ3n) is 2.68. The van der Waals surface area contributed by atoms with Crippen LogP contribution in [0, 0.1) is 18.3 Å². The Labute approximate surface area is 130 Å². The van der Waals surface area contributed by atoms with E-state index in [1.165, 1.54) is 22.3 Å². The lowest BCUT2D eigenvalue weighted by molar-refractivity contribution is -0.148. The highest BCUT2D eigenvalue weighted by Crippen LogP contribution is 2.23. The van der Waals surface area contributed by atoms with Crippen molar-refractivity contribution in [1.29, 1.82) is 5.26 Å². The van der Waals surface area contributed by atoms with Crippen molar-refractivity contribution in [2.45, 2.75) is 26.3 Å². The third kappa shape index (κ3) is 3.53. The molecule has 0 radical (unpaired) electrons. The number of hydrogen-bond acceptors (Lipinski definition) is 8. The fourth-order valence-electron chi connectivity index (χ4n) is 1.77. The fraction of sp³-hybridized carbons (Fsp3) is 0.385. The van der Waals surface area contributed by atoms with Gasteiger partial charge in [0.25, 0.3) is 5.82 Å². The first-order valence-electron chi connectivity index (χ1n) is 6.46. The number of rotatable bonds is 6. The van der Waals surface area contributed by atoms with Gasteiger partial charge in [-0.3, -0.25) is 9.59 Å². The summed E-state index contributed by atoms with van der Waals surface area (Å²) in [7, 11) is 0. The van der Waals surface area contributed by atoms with Crippen LogP contribution in [-0.2, 0) is 20.9 Å². The molecule has 2 heterocycles. The summed E-state index contributed by atoms with van der Waals surface area (Å²) in [5, 5.41) is 14.6. The van der Waals surface area contributed by atoms with Gasteiger partial charge in [0.05, 0.1) is 6.61 Å². The van der Waals surface area contributed by atoms with Gasteiger partial charge in [0.1, 0.15) is 23.9 Å². The molecular weight excluding hydrogens is 306 g/mol. The van der Waals surface area contributed by atoms with Crippen molar-refractivity contribution in [2.24, 2.45) is 0 Å². The number of Topliss-reactive ketones (excluding diaryl/α,β-unsaturated/α-hetero) is 1. The van der Waals surface area contributed by atoms with Gasteiger partial charge in [0, 0.05) is 11.1 Å². The first-order chi connectivity index (χ1) is 10.5. The number of ketones is 1. The molecule has 0 unspecified atom stereocenters. The van der Waals surface area contributed by atoms with Crippen molar-refractivity contribution >= 4 is 23.1 Å². The van der Waals surface area contributed by atoms with Gasteiger partial charge in [-0.25, -0.2) is 14.6 Å². The summed E-state index contributed by atoms with van der Waals surface area (Å²) in [5.41, 5.74) is 0.731. The molecule has 2 aromatic rings. The molecule has 0 aliphatic carbocycles. The van der Waals surface area contributed by atoms with E-state index in [0.29, 0.717) is 5.01 Å². The lowest BCUT2D eigenvalue weighted by Gasteiger charge is -2.12. The summed E-state index contributed by atoms with van der Waals surface area (Å²) in [5.74, 6) is -2.18. The highest BCUT2D eigenvalue weighted by molar-refractivity contribution is 7.10. The van der Waals surface area contributed by atoms with Crippen LogP contribution in [0.1, 0.15) is 29.4 Å². The molecule has 0 N–H and O–H groups in total. The minimum atomic E-state index is -1.09. The van der Waals surface area contributed by atoms with Crippen molar-refractivity contribution in [3.63, 3.8) is 0 Å². The molecule has 0 aliphatic rings. The molecule has 8 nitrogen and oxygen atoms in total. The largest absolute Gasteiger partial charge is 0.465 e. The number of ether oxygens (including phenoxy) is 1. The Bertz CT molecular complexity index is 730. The average Bonchev–Trinajstić information content (AvgIpc) is 3.08. The number of nitrogens with zero attached hydrogens (tertiary/aromatic N) is 5. The molecule has 0 spiro atoms. The van der Waals surface area contributed by atoms with E-state index in [2.05, 4.69) is 15.1 Å². The Hall–Kier alpha value is -2.60. The predicted molar refractivity (Wildman–Crippen MR) is 76.0 cm³/mol. The topological polar surface area (TPSA) is 111 Å². The molecule has 0 fully saturated rings. The van der Waals surface area contributed by atoms with E-state index < -0.39 is 17.7 Å². The summed E-state index contributed by atoms with van der Waals surface area (Å²) in [6.07, 6.45) is 1.27. The lowest BCUT2D eigenvalue weighted by atomic mass is 10.1. The highest BCUT2D eigenvalue weighted by Gasteiger charge is 2.32. The van der Waals surface area contributed by atoms with Gasteiger partial charge in [0.15, 0.2) is 11.7 Å². The zero-order valence-corrected chi connectivity index (χ0v) is 12.8. The second-order valence-corrected chi connectivity index (χ2v) is 5.25. The highest BCUT2D eigenvalue weighted by atomic mass is 32.1. The van der Waals surface area contributed by atoms with Gasteiger partial charge in [-0.1, -0.05) is 0 Å². The molecular formula is C13H13N5O3S. The predicted octanol–water partition coefficient (Wildman–Crippen LogP) is 0.831. The average molecular weight is 319 g/mol. The molecule has 0 aliphatic heterocycles. The normalized spacial score (nSPS) is 11.7. The second kappa shape index (κ2) is 6.91. The molecule has 0 aromatic carbocycles. The number of nitriles is 1. The van der Waals surface area contributed by atoms with E-state index in [9.17, 15) is 9.59 Å². The molecule has 1 atom stereocenters. The monoisotopic (exact) mass is 319 g/mol. The van der Waals surface area contributed by atoms with Gasteiger partial charge in [-0.2, -0.15) is 5.26 Å². The summed E-state index contributed by atoms with van der Waals surface area (Å²) in [6.45, 7) is 3.44. The molecule has 22 heavy (non-hydrogen) atoms. The van der Waals surface area contributed by atoms with Crippen LogP contribution < -0.4 is 0 Å².